The Hall–Kier alpha value is -1.47. The van der Waals surface area contributed by atoms with Crippen molar-refractivity contribution in [1.82, 2.24) is 4.31 Å². The van der Waals surface area contributed by atoms with Gasteiger partial charge in [0.2, 0.25) is 10.0 Å². The van der Waals surface area contributed by atoms with E-state index in [0.717, 1.165) is 18.6 Å². The second kappa shape index (κ2) is 5.26. The van der Waals surface area contributed by atoms with Crippen LogP contribution < -0.4 is 5.73 Å². The molecule has 1 aliphatic rings. The number of sulfonamides is 1. The maximum atomic E-state index is 12.8. The summed E-state index contributed by atoms with van der Waals surface area (Å²) < 4.78 is 38.9. The number of amidine groups is 1. The minimum atomic E-state index is -3.63. The van der Waals surface area contributed by atoms with Gasteiger partial charge in [-0.2, -0.15) is 4.31 Å². The number of hydrogen-bond acceptors (Lipinski definition) is 3. The van der Waals surface area contributed by atoms with Crippen molar-refractivity contribution in [3.8, 4) is 0 Å². The Morgan fingerprint density at radius 1 is 1.37 bits per heavy atom. The summed E-state index contributed by atoms with van der Waals surface area (Å²) in [6.45, 7) is 0.624. The molecule has 104 valence electrons. The normalized spacial score (nSPS) is 21.2. The smallest absolute Gasteiger partial charge is 0.243 e. The summed E-state index contributed by atoms with van der Waals surface area (Å²) in [7, 11) is -3.63. The van der Waals surface area contributed by atoms with E-state index in [4.69, 9.17) is 11.1 Å². The van der Waals surface area contributed by atoms with Crippen LogP contribution in [0.1, 0.15) is 12.8 Å². The minimum absolute atomic E-state index is 0.0130. The van der Waals surface area contributed by atoms with Gasteiger partial charge >= 0.3 is 0 Å². The molecule has 0 aliphatic carbocycles. The standard InChI is InChI=1S/C12H16FN3O2S/c13-10-3-5-11(6-4-10)19(17,18)16-7-1-2-9(8-16)12(14)15/h3-6,9H,1-2,7-8H2,(H3,14,15)/t9-/m0/s1. The molecule has 0 amide bonds. The summed E-state index contributed by atoms with van der Waals surface area (Å²) in [5.41, 5.74) is 5.44. The highest BCUT2D eigenvalue weighted by Gasteiger charge is 2.31. The van der Waals surface area contributed by atoms with Crippen molar-refractivity contribution >= 4 is 15.9 Å². The summed E-state index contributed by atoms with van der Waals surface area (Å²) >= 11 is 0. The molecule has 5 nitrogen and oxygen atoms in total. The largest absolute Gasteiger partial charge is 0.387 e. The third-order valence-corrected chi connectivity index (χ3v) is 5.15. The molecule has 1 aliphatic heterocycles. The van der Waals surface area contributed by atoms with Crippen molar-refractivity contribution < 1.29 is 12.8 Å². The highest BCUT2D eigenvalue weighted by molar-refractivity contribution is 7.89. The Morgan fingerprint density at radius 2 is 2.00 bits per heavy atom. The Kier molecular flexibility index (Phi) is 3.86. The number of hydrogen-bond donors (Lipinski definition) is 2. The molecule has 7 heteroatoms. The van der Waals surface area contributed by atoms with E-state index in [9.17, 15) is 12.8 Å². The van der Waals surface area contributed by atoms with Crippen molar-refractivity contribution in [2.45, 2.75) is 17.7 Å². The van der Waals surface area contributed by atoms with E-state index in [1.54, 1.807) is 0 Å². The minimum Gasteiger partial charge on any atom is -0.387 e. The second-order valence-corrected chi connectivity index (χ2v) is 6.55. The summed E-state index contributed by atoms with van der Waals surface area (Å²) in [4.78, 5) is 0.0677. The van der Waals surface area contributed by atoms with Crippen LogP contribution in [0.25, 0.3) is 0 Å². The lowest BCUT2D eigenvalue weighted by Gasteiger charge is -2.31. The van der Waals surface area contributed by atoms with Crippen molar-refractivity contribution in [2.24, 2.45) is 11.7 Å². The maximum absolute atomic E-state index is 12.8. The highest BCUT2D eigenvalue weighted by atomic mass is 32.2. The molecule has 1 aromatic rings. The van der Waals surface area contributed by atoms with E-state index in [1.165, 1.54) is 16.4 Å². The van der Waals surface area contributed by atoms with Gasteiger partial charge in [0.1, 0.15) is 5.82 Å². The number of nitrogens with one attached hydrogen (secondary N) is 1. The molecule has 0 radical (unpaired) electrons. The molecule has 0 aromatic heterocycles. The lowest BCUT2D eigenvalue weighted by molar-refractivity contribution is 0.310. The first-order chi connectivity index (χ1) is 8.91. The zero-order chi connectivity index (χ0) is 14.0. The van der Waals surface area contributed by atoms with Crippen molar-refractivity contribution in [3.63, 3.8) is 0 Å². The zero-order valence-electron chi connectivity index (χ0n) is 10.3. The Balaban J connectivity index is 2.24. The van der Waals surface area contributed by atoms with E-state index in [1.807, 2.05) is 0 Å². The van der Waals surface area contributed by atoms with E-state index in [-0.39, 0.29) is 23.2 Å². The van der Waals surface area contributed by atoms with Crippen LogP contribution in [0, 0.1) is 17.1 Å². The molecule has 2 rings (SSSR count). The number of rotatable bonds is 3. The fourth-order valence-electron chi connectivity index (χ4n) is 2.17. The molecular formula is C12H16FN3O2S. The molecule has 1 heterocycles. The molecule has 0 saturated carbocycles. The third kappa shape index (κ3) is 2.93. The molecule has 1 fully saturated rings. The van der Waals surface area contributed by atoms with E-state index in [0.29, 0.717) is 13.0 Å². The number of nitrogens with zero attached hydrogens (tertiary/aromatic N) is 1. The van der Waals surface area contributed by atoms with Gasteiger partial charge in [-0.3, -0.25) is 5.41 Å². The van der Waals surface area contributed by atoms with Gasteiger partial charge in [-0.15, -0.1) is 0 Å². The fourth-order valence-corrected chi connectivity index (χ4v) is 3.69. The van der Waals surface area contributed by atoms with Gasteiger partial charge in [0.15, 0.2) is 0 Å². The van der Waals surface area contributed by atoms with Crippen LogP contribution in [0.15, 0.2) is 29.2 Å². The van der Waals surface area contributed by atoms with Gasteiger partial charge < -0.3 is 5.73 Å². The summed E-state index contributed by atoms with van der Waals surface area (Å²) in [5, 5.41) is 7.42. The Morgan fingerprint density at radius 3 is 2.58 bits per heavy atom. The molecule has 1 atom stereocenters. The van der Waals surface area contributed by atoms with Crippen molar-refractivity contribution in [3.05, 3.63) is 30.1 Å². The lowest BCUT2D eigenvalue weighted by Crippen LogP contribution is -2.43. The number of piperidine rings is 1. The topological polar surface area (TPSA) is 87.2 Å². The Labute approximate surface area is 111 Å². The monoisotopic (exact) mass is 285 g/mol. The Bertz CT molecular complexity index is 571. The van der Waals surface area contributed by atoms with Gasteiger partial charge in [-0.05, 0) is 37.1 Å². The first kappa shape index (κ1) is 14.0. The third-order valence-electron chi connectivity index (χ3n) is 3.28. The number of nitrogens with two attached hydrogens (primary N) is 1. The van der Waals surface area contributed by atoms with Gasteiger partial charge in [-0.25, -0.2) is 12.8 Å². The summed E-state index contributed by atoms with van der Waals surface area (Å²) in [5.74, 6) is -0.692. The summed E-state index contributed by atoms with van der Waals surface area (Å²) in [6, 6.07) is 4.75. The van der Waals surface area contributed by atoms with E-state index < -0.39 is 15.8 Å². The van der Waals surface area contributed by atoms with Crippen molar-refractivity contribution in [2.75, 3.05) is 13.1 Å². The summed E-state index contributed by atoms with van der Waals surface area (Å²) in [6.07, 6.45) is 1.40. The maximum Gasteiger partial charge on any atom is 0.243 e. The molecule has 3 N–H and O–H groups in total. The van der Waals surface area contributed by atoms with Crippen LogP contribution in [-0.4, -0.2) is 31.6 Å². The van der Waals surface area contributed by atoms with Crippen molar-refractivity contribution in [1.29, 1.82) is 5.41 Å². The average molecular weight is 285 g/mol. The second-order valence-electron chi connectivity index (χ2n) is 4.61. The molecule has 19 heavy (non-hydrogen) atoms. The molecule has 1 aromatic carbocycles. The van der Waals surface area contributed by atoms with Crippen LogP contribution >= 0.6 is 0 Å². The zero-order valence-corrected chi connectivity index (χ0v) is 11.2. The first-order valence-electron chi connectivity index (χ1n) is 6.01. The first-order valence-corrected chi connectivity index (χ1v) is 7.45. The van der Waals surface area contributed by atoms with E-state index >= 15 is 0 Å². The molecule has 0 unspecified atom stereocenters. The average Bonchev–Trinajstić information content (AvgIpc) is 2.39. The number of halogens is 1. The van der Waals surface area contributed by atoms with Gasteiger partial charge in [0.25, 0.3) is 0 Å². The SMILES string of the molecule is N=C(N)[C@H]1CCCN(S(=O)(=O)c2ccc(F)cc2)C1. The van der Waals surface area contributed by atoms with Gasteiger partial charge in [0.05, 0.1) is 10.7 Å². The molecule has 1 saturated heterocycles. The van der Waals surface area contributed by atoms with Crippen LogP contribution in [0.3, 0.4) is 0 Å². The lowest BCUT2D eigenvalue weighted by atomic mass is 9.99. The van der Waals surface area contributed by atoms with Crippen LogP contribution in [0.5, 0.6) is 0 Å². The predicted molar refractivity (Wildman–Crippen MR) is 69.8 cm³/mol. The quantitative estimate of drug-likeness (QED) is 0.645. The van der Waals surface area contributed by atoms with Crippen LogP contribution in [0.4, 0.5) is 4.39 Å². The fraction of sp³-hybridized carbons (Fsp3) is 0.417. The molecular weight excluding hydrogens is 269 g/mol. The predicted octanol–water partition coefficient (Wildman–Crippen LogP) is 1.16. The van der Waals surface area contributed by atoms with Crippen LogP contribution in [0.2, 0.25) is 0 Å². The van der Waals surface area contributed by atoms with Gasteiger partial charge in [-0.1, -0.05) is 0 Å². The molecule has 0 bridgehead atoms. The van der Waals surface area contributed by atoms with Crippen LogP contribution in [-0.2, 0) is 10.0 Å². The van der Waals surface area contributed by atoms with Gasteiger partial charge in [0, 0.05) is 19.0 Å². The number of benzene rings is 1. The molecule has 0 spiro atoms. The highest BCUT2D eigenvalue weighted by Crippen LogP contribution is 2.23. The van der Waals surface area contributed by atoms with E-state index in [2.05, 4.69) is 0 Å².